The van der Waals surface area contributed by atoms with Crippen molar-refractivity contribution in [3.8, 4) is 0 Å². The molecule has 1 aliphatic carbocycles. The minimum atomic E-state index is -0.876. The quantitative estimate of drug-likeness (QED) is 0.619. The van der Waals surface area contributed by atoms with Gasteiger partial charge in [-0.15, -0.1) is 0 Å². The number of urea groups is 1. The van der Waals surface area contributed by atoms with Crippen molar-refractivity contribution in [2.75, 3.05) is 6.54 Å². The zero-order valence-electron chi connectivity index (χ0n) is 11.9. The molecule has 2 rings (SSSR count). The maximum atomic E-state index is 12.0. The van der Waals surface area contributed by atoms with Gasteiger partial charge in [-0.3, -0.25) is 9.89 Å². The Morgan fingerprint density at radius 1 is 1.33 bits per heavy atom. The van der Waals surface area contributed by atoms with Gasteiger partial charge in [-0.05, 0) is 12.8 Å². The average Bonchev–Trinajstić information content (AvgIpc) is 2.91. The molecule has 1 fully saturated rings. The number of carbonyl (C=O) groups excluding carboxylic acids is 1. The highest BCUT2D eigenvalue weighted by Gasteiger charge is 2.35. The molecule has 0 spiro atoms. The second-order valence-corrected chi connectivity index (χ2v) is 5.47. The van der Waals surface area contributed by atoms with Crippen molar-refractivity contribution in [2.45, 2.75) is 50.5 Å². The van der Waals surface area contributed by atoms with Crippen molar-refractivity contribution in [3.05, 3.63) is 12.2 Å². The van der Waals surface area contributed by atoms with Crippen LogP contribution in [0.4, 0.5) is 4.79 Å². The minimum absolute atomic E-state index is 0.0253. The molecule has 21 heavy (non-hydrogen) atoms. The molecular formula is C13H21N5O3. The van der Waals surface area contributed by atoms with Crippen LogP contribution in [0.3, 0.4) is 0 Å². The summed E-state index contributed by atoms with van der Waals surface area (Å²) in [6.45, 7) is 0.421. The highest BCUT2D eigenvalue weighted by molar-refractivity contribution is 5.76. The summed E-state index contributed by atoms with van der Waals surface area (Å²) in [5, 5.41) is 21.1. The van der Waals surface area contributed by atoms with Crippen LogP contribution >= 0.6 is 0 Å². The number of nitrogens with zero attached hydrogens (tertiary/aromatic N) is 2. The van der Waals surface area contributed by atoms with Gasteiger partial charge in [-0.2, -0.15) is 5.10 Å². The van der Waals surface area contributed by atoms with E-state index in [1.807, 2.05) is 0 Å². The molecule has 2 amide bonds. The molecule has 1 saturated carbocycles. The van der Waals surface area contributed by atoms with Gasteiger partial charge in [0.1, 0.15) is 12.2 Å². The number of carboxylic acid groups (broad SMARTS) is 1. The van der Waals surface area contributed by atoms with Crippen molar-refractivity contribution in [1.82, 2.24) is 25.8 Å². The molecule has 0 aliphatic heterocycles. The fourth-order valence-corrected chi connectivity index (χ4v) is 2.79. The predicted octanol–water partition coefficient (Wildman–Crippen LogP) is 0.824. The molecule has 0 bridgehead atoms. The van der Waals surface area contributed by atoms with Crippen LogP contribution in [0.15, 0.2) is 6.33 Å². The molecular weight excluding hydrogens is 274 g/mol. The number of aliphatic carboxylic acids is 1. The summed E-state index contributed by atoms with van der Waals surface area (Å²) in [7, 11) is 0. The largest absolute Gasteiger partial charge is 0.481 e. The van der Waals surface area contributed by atoms with Crippen LogP contribution in [0.2, 0.25) is 0 Å². The van der Waals surface area contributed by atoms with Gasteiger partial charge in [0.2, 0.25) is 0 Å². The molecule has 0 atom stereocenters. The summed E-state index contributed by atoms with van der Waals surface area (Å²) < 4.78 is 0. The summed E-state index contributed by atoms with van der Waals surface area (Å²) in [6, 6.07) is -0.322. The van der Waals surface area contributed by atoms with E-state index in [1.54, 1.807) is 0 Å². The number of amides is 2. The van der Waals surface area contributed by atoms with E-state index in [0.717, 1.165) is 32.1 Å². The van der Waals surface area contributed by atoms with E-state index in [9.17, 15) is 9.59 Å². The van der Waals surface area contributed by atoms with E-state index in [1.165, 1.54) is 6.33 Å². The summed E-state index contributed by atoms with van der Waals surface area (Å²) in [4.78, 5) is 27.0. The van der Waals surface area contributed by atoms with E-state index < -0.39 is 11.5 Å². The molecule has 116 valence electrons. The van der Waals surface area contributed by atoms with E-state index in [0.29, 0.717) is 18.8 Å². The summed E-state index contributed by atoms with van der Waals surface area (Å²) in [5.41, 5.74) is -0.611. The second-order valence-electron chi connectivity index (χ2n) is 5.47. The van der Waals surface area contributed by atoms with Crippen LogP contribution in [0.25, 0.3) is 0 Å². The lowest BCUT2D eigenvalue weighted by Gasteiger charge is -2.36. The number of rotatable bonds is 6. The number of hydrogen-bond donors (Lipinski definition) is 4. The minimum Gasteiger partial charge on any atom is -0.481 e. The van der Waals surface area contributed by atoms with Crippen LogP contribution in [-0.2, 0) is 11.2 Å². The third-order valence-electron chi connectivity index (χ3n) is 3.79. The van der Waals surface area contributed by atoms with E-state index >= 15 is 0 Å². The monoisotopic (exact) mass is 295 g/mol. The van der Waals surface area contributed by atoms with Gasteiger partial charge in [-0.1, -0.05) is 19.3 Å². The first-order valence-electron chi connectivity index (χ1n) is 7.22. The number of aromatic amines is 1. The Balaban J connectivity index is 1.81. The highest BCUT2D eigenvalue weighted by atomic mass is 16.4. The fourth-order valence-electron chi connectivity index (χ4n) is 2.79. The van der Waals surface area contributed by atoms with Crippen molar-refractivity contribution >= 4 is 12.0 Å². The molecule has 1 aliphatic rings. The molecule has 1 aromatic rings. The van der Waals surface area contributed by atoms with Gasteiger partial charge in [-0.25, -0.2) is 9.78 Å². The van der Waals surface area contributed by atoms with Gasteiger partial charge in [0, 0.05) is 13.0 Å². The van der Waals surface area contributed by atoms with Crippen LogP contribution < -0.4 is 10.6 Å². The van der Waals surface area contributed by atoms with Crippen LogP contribution in [0.1, 0.15) is 44.3 Å². The lowest BCUT2D eigenvalue weighted by atomic mass is 9.79. The summed E-state index contributed by atoms with van der Waals surface area (Å²) in [6.07, 6.45) is 6.37. The normalized spacial score (nSPS) is 17.1. The fraction of sp³-hybridized carbons (Fsp3) is 0.692. The molecule has 0 unspecified atom stereocenters. The first-order chi connectivity index (χ1) is 10.1. The Morgan fingerprint density at radius 3 is 2.71 bits per heavy atom. The molecule has 0 aromatic carbocycles. The van der Waals surface area contributed by atoms with Crippen LogP contribution in [0.5, 0.6) is 0 Å². The van der Waals surface area contributed by atoms with Crippen molar-refractivity contribution < 1.29 is 14.7 Å². The third kappa shape index (κ3) is 4.73. The Labute approximate surface area is 122 Å². The van der Waals surface area contributed by atoms with Gasteiger partial charge in [0.05, 0.1) is 12.0 Å². The van der Waals surface area contributed by atoms with E-state index in [4.69, 9.17) is 5.11 Å². The van der Waals surface area contributed by atoms with Crippen LogP contribution in [0, 0.1) is 0 Å². The Bertz CT molecular complexity index is 468. The van der Waals surface area contributed by atoms with Gasteiger partial charge in [0.25, 0.3) is 0 Å². The lowest BCUT2D eigenvalue weighted by molar-refractivity contribution is -0.139. The predicted molar refractivity (Wildman–Crippen MR) is 74.7 cm³/mol. The molecule has 8 nitrogen and oxygen atoms in total. The number of H-pyrrole nitrogens is 1. The Morgan fingerprint density at radius 2 is 2.10 bits per heavy atom. The molecule has 0 radical (unpaired) electrons. The summed E-state index contributed by atoms with van der Waals surface area (Å²) in [5.74, 6) is -0.174. The van der Waals surface area contributed by atoms with Crippen molar-refractivity contribution in [2.24, 2.45) is 0 Å². The first kappa shape index (κ1) is 15.3. The van der Waals surface area contributed by atoms with Gasteiger partial charge >= 0.3 is 12.0 Å². The van der Waals surface area contributed by atoms with Crippen molar-refractivity contribution in [1.29, 1.82) is 0 Å². The van der Waals surface area contributed by atoms with Crippen molar-refractivity contribution in [3.63, 3.8) is 0 Å². The zero-order chi connectivity index (χ0) is 15.1. The maximum absolute atomic E-state index is 12.0. The number of nitrogens with one attached hydrogen (secondary N) is 3. The molecule has 1 aromatic heterocycles. The number of hydrogen-bond acceptors (Lipinski definition) is 4. The van der Waals surface area contributed by atoms with E-state index in [2.05, 4.69) is 25.8 Å². The number of carboxylic acids is 1. The van der Waals surface area contributed by atoms with Gasteiger partial charge in [0.15, 0.2) is 0 Å². The third-order valence-corrected chi connectivity index (χ3v) is 3.79. The standard InChI is InChI=1S/C13H21N5O3/c19-11(20)8-13(5-2-1-3-6-13)17-12(21)14-7-4-10-15-9-16-18-10/h9H,1-8H2,(H,19,20)(H2,14,17,21)(H,15,16,18). The van der Waals surface area contributed by atoms with Crippen LogP contribution in [-0.4, -0.2) is 44.4 Å². The average molecular weight is 295 g/mol. The second kappa shape index (κ2) is 7.05. The van der Waals surface area contributed by atoms with Gasteiger partial charge < -0.3 is 15.7 Å². The lowest BCUT2D eigenvalue weighted by Crippen LogP contribution is -2.54. The number of aromatic nitrogens is 3. The maximum Gasteiger partial charge on any atom is 0.315 e. The highest BCUT2D eigenvalue weighted by Crippen LogP contribution is 2.31. The van der Waals surface area contributed by atoms with E-state index in [-0.39, 0.29) is 12.5 Å². The molecule has 4 N–H and O–H groups in total. The zero-order valence-corrected chi connectivity index (χ0v) is 11.9. The topological polar surface area (TPSA) is 120 Å². The first-order valence-corrected chi connectivity index (χ1v) is 7.22. The number of carbonyl (C=O) groups is 2. The Kier molecular flexibility index (Phi) is 5.13. The molecule has 8 heteroatoms. The molecule has 1 heterocycles. The smallest absolute Gasteiger partial charge is 0.315 e. The summed E-state index contributed by atoms with van der Waals surface area (Å²) >= 11 is 0. The SMILES string of the molecule is O=C(O)CC1(NC(=O)NCCc2ncn[nH]2)CCCCC1. The molecule has 0 saturated heterocycles. The Hall–Kier alpha value is -2.12.